The zero-order valence-electron chi connectivity index (χ0n) is 18.0. The lowest BCUT2D eigenvalue weighted by Crippen LogP contribution is -2.29. The number of Topliss-reactive ketones (excluding diaryl/α,β-unsaturated/α-hetero) is 1. The van der Waals surface area contributed by atoms with Crippen molar-refractivity contribution in [2.75, 3.05) is 0 Å². The Morgan fingerprint density at radius 1 is 0.667 bits per heavy atom. The van der Waals surface area contributed by atoms with Gasteiger partial charge in [-0.05, 0) is 26.2 Å². The molecule has 0 aliphatic heterocycles. The minimum absolute atomic E-state index is 0.217. The van der Waals surface area contributed by atoms with Crippen LogP contribution in [0.4, 0.5) is 0 Å². The minimum atomic E-state index is -0.845. The second-order valence-corrected chi connectivity index (χ2v) is 8.29. The van der Waals surface area contributed by atoms with Crippen LogP contribution in [0.2, 0.25) is 0 Å². The Bertz CT molecular complexity index is 330. The van der Waals surface area contributed by atoms with Crippen LogP contribution in [0.15, 0.2) is 0 Å². The van der Waals surface area contributed by atoms with E-state index in [1.807, 2.05) is 0 Å². The lowest BCUT2D eigenvalue weighted by molar-refractivity contribution is -0.119. The molecule has 3 N–H and O–H groups in total. The van der Waals surface area contributed by atoms with Gasteiger partial charge >= 0.3 is 0 Å². The number of hydrogen-bond donors (Lipinski definition) is 3. The van der Waals surface area contributed by atoms with E-state index in [0.29, 0.717) is 18.6 Å². The van der Waals surface area contributed by atoms with Gasteiger partial charge in [0.1, 0.15) is 5.78 Å². The van der Waals surface area contributed by atoms with Gasteiger partial charge in [0.25, 0.3) is 0 Å². The summed E-state index contributed by atoms with van der Waals surface area (Å²) in [5.41, 5.74) is 0. The van der Waals surface area contributed by atoms with Crippen LogP contribution >= 0.6 is 0 Å². The lowest BCUT2D eigenvalue weighted by Gasteiger charge is -2.18. The zero-order valence-corrected chi connectivity index (χ0v) is 18.0. The summed E-state index contributed by atoms with van der Waals surface area (Å²) >= 11 is 0. The second-order valence-electron chi connectivity index (χ2n) is 8.29. The summed E-state index contributed by atoms with van der Waals surface area (Å²) in [6.45, 7) is 3.86. The molecule has 0 aromatic heterocycles. The first-order chi connectivity index (χ1) is 13.0. The Hall–Kier alpha value is -0.450. The van der Waals surface area contributed by atoms with Crippen molar-refractivity contribution < 1.29 is 20.1 Å². The highest BCUT2D eigenvalue weighted by molar-refractivity contribution is 5.78. The molecule has 0 saturated carbocycles. The van der Waals surface area contributed by atoms with Crippen molar-refractivity contribution >= 4 is 5.78 Å². The van der Waals surface area contributed by atoms with E-state index in [1.54, 1.807) is 6.92 Å². The first kappa shape index (κ1) is 26.6. The predicted molar refractivity (Wildman–Crippen MR) is 113 cm³/mol. The molecule has 0 rings (SSSR count). The van der Waals surface area contributed by atoms with Gasteiger partial charge in [-0.3, -0.25) is 4.79 Å². The number of hydrogen-bond acceptors (Lipinski definition) is 4. The van der Waals surface area contributed by atoms with Crippen LogP contribution in [-0.2, 0) is 4.79 Å². The van der Waals surface area contributed by atoms with Crippen LogP contribution in [0, 0.1) is 0 Å². The summed E-state index contributed by atoms with van der Waals surface area (Å²) in [6, 6.07) is 0. The van der Waals surface area contributed by atoms with Crippen molar-refractivity contribution in [3.05, 3.63) is 0 Å². The topological polar surface area (TPSA) is 77.8 Å². The molecule has 0 aromatic rings. The van der Waals surface area contributed by atoms with E-state index in [0.717, 1.165) is 38.5 Å². The summed E-state index contributed by atoms with van der Waals surface area (Å²) in [5, 5.41) is 28.7. The van der Waals surface area contributed by atoms with E-state index in [-0.39, 0.29) is 6.42 Å². The van der Waals surface area contributed by atoms with Crippen molar-refractivity contribution in [2.24, 2.45) is 0 Å². The first-order valence-corrected chi connectivity index (χ1v) is 11.5. The molecule has 0 amide bonds. The van der Waals surface area contributed by atoms with Gasteiger partial charge in [-0.15, -0.1) is 0 Å². The van der Waals surface area contributed by atoms with Crippen LogP contribution in [0.1, 0.15) is 123 Å². The molecule has 0 radical (unpaired) electrons. The molecule has 4 heteroatoms. The molecule has 0 spiro atoms. The van der Waals surface area contributed by atoms with E-state index in [9.17, 15) is 20.1 Å². The molecule has 0 aliphatic rings. The molecular formula is C23H46O4. The maximum Gasteiger partial charge on any atom is 0.132 e. The summed E-state index contributed by atoms with van der Waals surface area (Å²) in [6.07, 6.45) is 15.3. The van der Waals surface area contributed by atoms with Gasteiger partial charge in [0.15, 0.2) is 0 Å². The predicted octanol–water partition coefficient (Wildman–Crippen LogP) is 5.31. The summed E-state index contributed by atoms with van der Waals surface area (Å²) in [7, 11) is 0. The highest BCUT2D eigenvalue weighted by Gasteiger charge is 2.17. The Kier molecular flexibility index (Phi) is 18.6. The monoisotopic (exact) mass is 386 g/mol. The molecule has 0 aromatic carbocycles. The standard InChI is InChI=1S/C23H46O4/c1-3-4-5-6-7-8-9-10-13-16-21(25)17-14-11-12-15-18-22(26)23(27)19-20(2)24/h20,22-24,26-27H,3-19H2,1-2H3. The number of aliphatic hydroxyl groups is 3. The van der Waals surface area contributed by atoms with E-state index in [4.69, 9.17) is 0 Å². The molecule has 0 aliphatic carbocycles. The van der Waals surface area contributed by atoms with Crippen LogP contribution in [0.3, 0.4) is 0 Å². The quantitative estimate of drug-likeness (QED) is 0.248. The summed E-state index contributed by atoms with van der Waals surface area (Å²) < 4.78 is 0. The second kappa shape index (κ2) is 18.9. The molecule has 3 atom stereocenters. The number of carbonyl (C=O) groups excluding carboxylic acids is 1. The largest absolute Gasteiger partial charge is 0.393 e. The van der Waals surface area contributed by atoms with E-state index in [2.05, 4.69) is 6.92 Å². The van der Waals surface area contributed by atoms with Gasteiger partial charge in [-0.1, -0.05) is 77.6 Å². The smallest absolute Gasteiger partial charge is 0.132 e. The van der Waals surface area contributed by atoms with Crippen molar-refractivity contribution in [3.63, 3.8) is 0 Å². The fraction of sp³-hybridized carbons (Fsp3) is 0.957. The van der Waals surface area contributed by atoms with Crippen molar-refractivity contribution in [1.82, 2.24) is 0 Å². The molecule has 27 heavy (non-hydrogen) atoms. The third kappa shape index (κ3) is 18.7. The summed E-state index contributed by atoms with van der Waals surface area (Å²) in [5.74, 6) is 0.394. The molecular weight excluding hydrogens is 340 g/mol. The zero-order chi connectivity index (χ0) is 20.3. The van der Waals surface area contributed by atoms with Gasteiger partial charge in [-0.2, -0.15) is 0 Å². The highest BCUT2D eigenvalue weighted by Crippen LogP contribution is 2.14. The fourth-order valence-electron chi connectivity index (χ4n) is 3.49. The Balaban J connectivity index is 3.37. The summed E-state index contributed by atoms with van der Waals surface area (Å²) in [4.78, 5) is 11.9. The minimum Gasteiger partial charge on any atom is -0.393 e. The normalized spacial score (nSPS) is 14.9. The number of unbranched alkanes of at least 4 members (excludes halogenated alkanes) is 11. The van der Waals surface area contributed by atoms with E-state index in [1.165, 1.54) is 51.4 Å². The molecule has 0 saturated heterocycles. The number of ketones is 1. The van der Waals surface area contributed by atoms with Crippen LogP contribution in [-0.4, -0.2) is 39.4 Å². The average molecular weight is 387 g/mol. The van der Waals surface area contributed by atoms with E-state index >= 15 is 0 Å². The van der Waals surface area contributed by atoms with Gasteiger partial charge in [0, 0.05) is 19.3 Å². The lowest BCUT2D eigenvalue weighted by atomic mass is 10.00. The SMILES string of the molecule is CCCCCCCCCCCC(=O)CCCCCCC(O)C(O)CC(C)O. The molecule has 3 unspecified atom stereocenters. The van der Waals surface area contributed by atoms with Gasteiger partial charge < -0.3 is 15.3 Å². The number of carbonyl (C=O) groups is 1. The first-order valence-electron chi connectivity index (χ1n) is 11.5. The molecule has 0 bridgehead atoms. The molecule has 0 heterocycles. The van der Waals surface area contributed by atoms with Crippen LogP contribution in [0.5, 0.6) is 0 Å². The highest BCUT2D eigenvalue weighted by atomic mass is 16.3. The maximum atomic E-state index is 11.9. The fourth-order valence-corrected chi connectivity index (χ4v) is 3.49. The van der Waals surface area contributed by atoms with Crippen molar-refractivity contribution in [1.29, 1.82) is 0 Å². The molecule has 4 nitrogen and oxygen atoms in total. The van der Waals surface area contributed by atoms with Crippen LogP contribution in [0.25, 0.3) is 0 Å². The third-order valence-corrected chi connectivity index (χ3v) is 5.29. The van der Waals surface area contributed by atoms with Crippen molar-refractivity contribution in [2.45, 2.75) is 141 Å². The Morgan fingerprint density at radius 2 is 1.11 bits per heavy atom. The Labute approximate surface area is 167 Å². The molecule has 0 fully saturated rings. The maximum absolute atomic E-state index is 11.9. The number of aliphatic hydroxyl groups excluding tert-OH is 3. The van der Waals surface area contributed by atoms with Gasteiger partial charge in [0.05, 0.1) is 18.3 Å². The third-order valence-electron chi connectivity index (χ3n) is 5.29. The van der Waals surface area contributed by atoms with Crippen molar-refractivity contribution in [3.8, 4) is 0 Å². The average Bonchev–Trinajstić information content (AvgIpc) is 2.62. The molecule has 162 valence electrons. The van der Waals surface area contributed by atoms with Gasteiger partial charge in [-0.25, -0.2) is 0 Å². The Morgan fingerprint density at radius 3 is 1.59 bits per heavy atom. The van der Waals surface area contributed by atoms with Gasteiger partial charge in [0.2, 0.25) is 0 Å². The number of rotatable bonds is 20. The van der Waals surface area contributed by atoms with Crippen LogP contribution < -0.4 is 0 Å². The van der Waals surface area contributed by atoms with E-state index < -0.39 is 18.3 Å².